The minimum atomic E-state index is -0.903. The highest BCUT2D eigenvalue weighted by Crippen LogP contribution is 2.19. The normalized spacial score (nSPS) is 26.5. The molecule has 0 saturated carbocycles. The van der Waals surface area contributed by atoms with Crippen LogP contribution in [0.1, 0.15) is 24.8 Å². The van der Waals surface area contributed by atoms with Crippen LogP contribution in [0.5, 0.6) is 0 Å². The van der Waals surface area contributed by atoms with Crippen molar-refractivity contribution in [1.82, 2.24) is 0 Å². The van der Waals surface area contributed by atoms with E-state index in [1.54, 1.807) is 0 Å². The summed E-state index contributed by atoms with van der Waals surface area (Å²) in [5, 5.41) is 11.1. The molecule has 0 aromatic heterocycles. The summed E-state index contributed by atoms with van der Waals surface area (Å²) in [7, 11) is 0. The number of rotatable bonds is 3. The van der Waals surface area contributed by atoms with Crippen molar-refractivity contribution < 1.29 is 14.6 Å². The monoisotopic (exact) mass is 207 g/mol. The summed E-state index contributed by atoms with van der Waals surface area (Å²) in [5.41, 5.74) is 1.11. The molecule has 15 heavy (non-hydrogen) atoms. The summed E-state index contributed by atoms with van der Waals surface area (Å²) in [6.07, 6.45) is 1.10. The second-order valence-corrected chi connectivity index (χ2v) is 3.72. The van der Waals surface area contributed by atoms with E-state index >= 15 is 0 Å². The van der Waals surface area contributed by atoms with E-state index in [9.17, 15) is 5.11 Å². The van der Waals surface area contributed by atoms with Crippen molar-refractivity contribution in [3.8, 4) is 0 Å². The Labute approximate surface area is 89.6 Å². The Morgan fingerprint density at radius 1 is 1.27 bits per heavy atom. The van der Waals surface area contributed by atoms with Crippen LogP contribution in [0.4, 0.5) is 0 Å². The largest absolute Gasteiger partial charge is 0.348 e. The molecule has 0 bridgehead atoms. The van der Waals surface area contributed by atoms with Gasteiger partial charge >= 0.3 is 0 Å². The first-order valence-electron chi connectivity index (χ1n) is 5.31. The molecule has 1 aliphatic heterocycles. The van der Waals surface area contributed by atoms with Gasteiger partial charge in [-0.1, -0.05) is 30.3 Å². The van der Waals surface area contributed by atoms with Crippen LogP contribution in [0.25, 0.3) is 0 Å². The van der Waals surface area contributed by atoms with E-state index in [1.165, 1.54) is 0 Å². The first kappa shape index (κ1) is 10.6. The molecular weight excluding hydrogens is 192 g/mol. The number of hydrogen-bond donors (Lipinski definition) is 0. The van der Waals surface area contributed by atoms with Crippen LogP contribution in [0.3, 0.4) is 0 Å². The molecule has 0 aliphatic carbocycles. The van der Waals surface area contributed by atoms with Crippen molar-refractivity contribution in [2.24, 2.45) is 0 Å². The Hall–Kier alpha value is -0.900. The molecule has 81 valence electrons. The van der Waals surface area contributed by atoms with Crippen LogP contribution in [0, 0.1) is 0 Å². The van der Waals surface area contributed by atoms with E-state index in [0.29, 0.717) is 13.0 Å². The third kappa shape index (κ3) is 3.30. The zero-order valence-electron chi connectivity index (χ0n) is 8.59. The fraction of sp³-hybridized carbons (Fsp3) is 0.500. The predicted octanol–water partition coefficient (Wildman–Crippen LogP) is 2.49. The van der Waals surface area contributed by atoms with Gasteiger partial charge in [0, 0.05) is 6.42 Å². The van der Waals surface area contributed by atoms with Gasteiger partial charge in [0.2, 0.25) is 0 Å². The van der Waals surface area contributed by atoms with Gasteiger partial charge in [0.25, 0.3) is 0 Å². The van der Waals surface area contributed by atoms with E-state index in [1.807, 2.05) is 30.3 Å². The first-order valence-corrected chi connectivity index (χ1v) is 5.31. The number of benzene rings is 1. The van der Waals surface area contributed by atoms with Crippen LogP contribution in [-0.2, 0) is 21.2 Å². The van der Waals surface area contributed by atoms with Crippen molar-refractivity contribution in [1.29, 1.82) is 0 Å². The number of ether oxygens (including phenoxy) is 2. The fourth-order valence-electron chi connectivity index (χ4n) is 1.64. The topological polar surface area (TPSA) is 38.4 Å². The van der Waals surface area contributed by atoms with E-state index in [4.69, 9.17) is 9.47 Å². The van der Waals surface area contributed by atoms with Crippen LogP contribution in [-0.4, -0.2) is 12.6 Å². The molecule has 1 radical (unpaired) electrons. The highest BCUT2D eigenvalue weighted by atomic mass is 16.7. The SMILES string of the molecule is [O]C1CCCC(OCc2ccccc2)O1. The summed E-state index contributed by atoms with van der Waals surface area (Å²) < 4.78 is 10.6. The van der Waals surface area contributed by atoms with Crippen LogP contribution in [0.15, 0.2) is 30.3 Å². The summed E-state index contributed by atoms with van der Waals surface area (Å²) in [5.74, 6) is 0. The summed E-state index contributed by atoms with van der Waals surface area (Å²) in [6, 6.07) is 9.90. The molecule has 3 heteroatoms. The molecule has 1 aromatic carbocycles. The van der Waals surface area contributed by atoms with E-state index in [2.05, 4.69) is 0 Å². The highest BCUT2D eigenvalue weighted by molar-refractivity contribution is 5.13. The third-order valence-corrected chi connectivity index (χ3v) is 2.46. The molecular formula is C12H15O3. The van der Waals surface area contributed by atoms with Crippen molar-refractivity contribution >= 4 is 0 Å². The smallest absolute Gasteiger partial charge is 0.194 e. The van der Waals surface area contributed by atoms with Crippen molar-refractivity contribution in [3.63, 3.8) is 0 Å². The van der Waals surface area contributed by atoms with Gasteiger partial charge in [0.05, 0.1) is 6.61 Å². The van der Waals surface area contributed by atoms with E-state index in [0.717, 1.165) is 18.4 Å². The molecule has 1 saturated heterocycles. The lowest BCUT2D eigenvalue weighted by Crippen LogP contribution is -2.28. The quantitative estimate of drug-likeness (QED) is 0.763. The Bertz CT molecular complexity index is 286. The van der Waals surface area contributed by atoms with Gasteiger partial charge < -0.3 is 9.47 Å². The van der Waals surface area contributed by atoms with Gasteiger partial charge in [-0.3, -0.25) is 0 Å². The average molecular weight is 207 g/mol. The Morgan fingerprint density at radius 3 is 2.80 bits per heavy atom. The van der Waals surface area contributed by atoms with Crippen LogP contribution in [0.2, 0.25) is 0 Å². The molecule has 2 atom stereocenters. The minimum absolute atomic E-state index is 0.318. The first-order chi connectivity index (χ1) is 7.34. The zero-order chi connectivity index (χ0) is 10.5. The minimum Gasteiger partial charge on any atom is -0.348 e. The maximum atomic E-state index is 11.1. The van der Waals surface area contributed by atoms with Crippen molar-refractivity contribution in [2.45, 2.75) is 38.4 Å². The molecule has 1 aromatic rings. The van der Waals surface area contributed by atoms with Gasteiger partial charge in [-0.2, -0.15) is 0 Å². The Balaban J connectivity index is 1.78. The van der Waals surface area contributed by atoms with Crippen molar-refractivity contribution in [2.75, 3.05) is 0 Å². The molecule has 2 unspecified atom stereocenters. The predicted molar refractivity (Wildman–Crippen MR) is 54.4 cm³/mol. The van der Waals surface area contributed by atoms with Crippen molar-refractivity contribution in [3.05, 3.63) is 35.9 Å². The zero-order valence-corrected chi connectivity index (χ0v) is 8.59. The summed E-state index contributed by atoms with van der Waals surface area (Å²) >= 11 is 0. The summed E-state index contributed by atoms with van der Waals surface area (Å²) in [4.78, 5) is 0. The van der Waals surface area contributed by atoms with Gasteiger partial charge in [0.15, 0.2) is 12.6 Å². The summed E-state index contributed by atoms with van der Waals surface area (Å²) in [6.45, 7) is 0.512. The van der Waals surface area contributed by atoms with Gasteiger partial charge in [-0.25, -0.2) is 5.11 Å². The standard InChI is InChI=1S/C12H15O3/c13-11-7-4-8-12(15-11)14-9-10-5-2-1-3-6-10/h1-3,5-6,11-12H,4,7-9H2. The molecule has 1 aliphatic rings. The maximum Gasteiger partial charge on any atom is 0.194 e. The highest BCUT2D eigenvalue weighted by Gasteiger charge is 2.21. The third-order valence-electron chi connectivity index (χ3n) is 2.46. The lowest BCUT2D eigenvalue weighted by Gasteiger charge is -2.25. The van der Waals surface area contributed by atoms with Gasteiger partial charge in [-0.15, -0.1) is 0 Å². The van der Waals surface area contributed by atoms with Gasteiger partial charge in [-0.05, 0) is 18.4 Å². The molecule has 1 heterocycles. The van der Waals surface area contributed by atoms with Crippen LogP contribution < -0.4 is 0 Å². The Morgan fingerprint density at radius 2 is 2.07 bits per heavy atom. The average Bonchev–Trinajstić information content (AvgIpc) is 2.28. The molecule has 0 amide bonds. The lowest BCUT2D eigenvalue weighted by molar-refractivity contribution is -0.272. The molecule has 3 nitrogen and oxygen atoms in total. The fourth-order valence-corrected chi connectivity index (χ4v) is 1.64. The Kier molecular flexibility index (Phi) is 3.72. The van der Waals surface area contributed by atoms with E-state index < -0.39 is 6.29 Å². The molecule has 0 N–H and O–H groups in total. The van der Waals surface area contributed by atoms with Crippen LogP contribution >= 0.6 is 0 Å². The van der Waals surface area contributed by atoms with E-state index in [-0.39, 0.29) is 6.29 Å². The second kappa shape index (κ2) is 5.26. The van der Waals surface area contributed by atoms with Gasteiger partial charge in [0.1, 0.15) is 0 Å². The molecule has 2 rings (SSSR count). The number of hydrogen-bond acceptors (Lipinski definition) is 2. The lowest BCUT2D eigenvalue weighted by atomic mass is 10.2. The second-order valence-electron chi connectivity index (χ2n) is 3.72. The molecule has 1 fully saturated rings. The maximum absolute atomic E-state index is 11.1. The molecule has 0 spiro atoms.